The number of aromatic nitrogens is 1. The van der Waals surface area contributed by atoms with Crippen molar-refractivity contribution in [3.63, 3.8) is 0 Å². The van der Waals surface area contributed by atoms with Crippen LogP contribution in [0.5, 0.6) is 5.88 Å². The number of nitrogens with two attached hydrogens (primary N) is 1. The molecule has 1 rings (SSSR count). The van der Waals surface area contributed by atoms with Crippen molar-refractivity contribution in [3.8, 4) is 5.88 Å². The van der Waals surface area contributed by atoms with Crippen LogP contribution < -0.4 is 15.8 Å². The molecule has 1 aromatic heterocycles. The van der Waals surface area contributed by atoms with Crippen LogP contribution in [0.2, 0.25) is 0 Å². The number of nitrogens with one attached hydrogen (secondary N) is 1. The predicted molar refractivity (Wildman–Crippen MR) is 73.8 cm³/mol. The van der Waals surface area contributed by atoms with E-state index in [0.717, 1.165) is 0 Å². The topological polar surface area (TPSA) is 80.4 Å². The van der Waals surface area contributed by atoms with Gasteiger partial charge in [0.1, 0.15) is 5.82 Å². The van der Waals surface area contributed by atoms with E-state index in [1.807, 2.05) is 27.7 Å². The lowest BCUT2D eigenvalue weighted by Crippen LogP contribution is -2.42. The average molecular weight is 253 g/mol. The zero-order valence-electron chi connectivity index (χ0n) is 11.7. The van der Waals surface area contributed by atoms with Crippen LogP contribution in [0.25, 0.3) is 0 Å². The molecule has 0 amide bonds. The van der Waals surface area contributed by atoms with Crippen molar-refractivity contribution in [2.75, 3.05) is 11.1 Å². The number of hydrogen-bond acceptors (Lipinski definition) is 5. The highest BCUT2D eigenvalue weighted by Crippen LogP contribution is 2.24. The van der Waals surface area contributed by atoms with E-state index in [4.69, 9.17) is 10.5 Å². The average Bonchev–Trinajstić information content (AvgIpc) is 2.21. The van der Waals surface area contributed by atoms with Gasteiger partial charge < -0.3 is 20.9 Å². The van der Waals surface area contributed by atoms with Gasteiger partial charge in [0, 0.05) is 0 Å². The highest BCUT2D eigenvalue weighted by Gasteiger charge is 2.24. The lowest BCUT2D eigenvalue weighted by molar-refractivity contribution is 0.133. The summed E-state index contributed by atoms with van der Waals surface area (Å²) in [6, 6.07) is 3.51. The maximum atomic E-state index is 9.66. The van der Waals surface area contributed by atoms with Gasteiger partial charge in [-0.2, -0.15) is 4.98 Å². The van der Waals surface area contributed by atoms with Gasteiger partial charge in [0.15, 0.2) is 0 Å². The van der Waals surface area contributed by atoms with E-state index < -0.39 is 11.6 Å². The molecule has 5 nitrogen and oxygen atoms in total. The van der Waals surface area contributed by atoms with E-state index in [1.54, 1.807) is 19.1 Å². The zero-order valence-corrected chi connectivity index (χ0v) is 11.7. The van der Waals surface area contributed by atoms with Crippen LogP contribution in [0.4, 0.5) is 11.5 Å². The fourth-order valence-electron chi connectivity index (χ4n) is 1.27. The third kappa shape index (κ3) is 3.77. The van der Waals surface area contributed by atoms with E-state index in [0.29, 0.717) is 17.4 Å². The Hall–Kier alpha value is -1.49. The van der Waals surface area contributed by atoms with Gasteiger partial charge in [-0.25, -0.2) is 0 Å². The molecule has 102 valence electrons. The summed E-state index contributed by atoms with van der Waals surface area (Å²) in [6.07, 6.45) is -0.494. The highest BCUT2D eigenvalue weighted by atomic mass is 16.5. The van der Waals surface area contributed by atoms with Crippen LogP contribution >= 0.6 is 0 Å². The molecule has 0 fully saturated rings. The Labute approximate surface area is 108 Å². The minimum absolute atomic E-state index is 0.0137. The molecule has 0 saturated carbocycles. The molecule has 1 aromatic rings. The van der Waals surface area contributed by atoms with Gasteiger partial charge in [0.25, 0.3) is 0 Å². The quantitative estimate of drug-likeness (QED) is 0.748. The summed E-state index contributed by atoms with van der Waals surface area (Å²) < 4.78 is 5.52. The van der Waals surface area contributed by atoms with Crippen LogP contribution in [0.3, 0.4) is 0 Å². The smallest absolute Gasteiger partial charge is 0.239 e. The second-order valence-electron chi connectivity index (χ2n) is 5.28. The standard InChI is InChI=1S/C13H23N3O2/c1-8(2)18-12-10(14)6-7-11(15-12)16-13(4,5)9(3)17/h6-9,17H,14H2,1-5H3,(H,15,16). The molecule has 0 radical (unpaired) electrons. The molecule has 0 aromatic carbocycles. The molecule has 0 aliphatic carbocycles. The predicted octanol–water partition coefficient (Wildman–Crippen LogP) is 2.02. The third-order valence-electron chi connectivity index (χ3n) is 2.73. The van der Waals surface area contributed by atoms with Crippen molar-refractivity contribution in [2.24, 2.45) is 0 Å². The molecular formula is C13H23N3O2. The lowest BCUT2D eigenvalue weighted by Gasteiger charge is -2.30. The van der Waals surface area contributed by atoms with Crippen molar-refractivity contribution < 1.29 is 9.84 Å². The first-order chi connectivity index (χ1) is 8.22. The number of anilines is 2. The number of hydrogen-bond donors (Lipinski definition) is 3. The molecule has 0 bridgehead atoms. The molecule has 0 aliphatic rings. The number of ether oxygens (including phenoxy) is 1. The molecule has 1 heterocycles. The van der Waals surface area contributed by atoms with Crippen molar-refractivity contribution in [1.29, 1.82) is 0 Å². The fourth-order valence-corrected chi connectivity index (χ4v) is 1.27. The minimum atomic E-state index is -0.508. The highest BCUT2D eigenvalue weighted by molar-refractivity contribution is 5.54. The summed E-state index contributed by atoms with van der Waals surface area (Å²) in [6.45, 7) is 9.37. The van der Waals surface area contributed by atoms with Gasteiger partial charge in [-0.1, -0.05) is 0 Å². The van der Waals surface area contributed by atoms with E-state index in [2.05, 4.69) is 10.3 Å². The van der Waals surface area contributed by atoms with Crippen molar-refractivity contribution in [3.05, 3.63) is 12.1 Å². The second-order valence-corrected chi connectivity index (χ2v) is 5.28. The summed E-state index contributed by atoms with van der Waals surface area (Å²) in [5.74, 6) is 1.04. The normalized spacial score (nSPS) is 13.5. The number of aliphatic hydroxyl groups is 1. The summed E-state index contributed by atoms with van der Waals surface area (Å²) in [5, 5.41) is 12.8. The van der Waals surface area contributed by atoms with Crippen LogP contribution in [-0.2, 0) is 0 Å². The van der Waals surface area contributed by atoms with E-state index >= 15 is 0 Å². The SMILES string of the molecule is CC(C)Oc1nc(NC(C)(C)C(C)O)ccc1N. The number of aliphatic hydroxyl groups excluding tert-OH is 1. The van der Waals surface area contributed by atoms with E-state index in [9.17, 15) is 5.11 Å². The molecule has 5 heteroatoms. The second kappa shape index (κ2) is 5.44. The van der Waals surface area contributed by atoms with Gasteiger partial charge in [-0.15, -0.1) is 0 Å². The lowest BCUT2D eigenvalue weighted by atomic mass is 9.99. The van der Waals surface area contributed by atoms with Gasteiger partial charge in [0.2, 0.25) is 5.88 Å². The first-order valence-electron chi connectivity index (χ1n) is 6.12. The molecule has 1 atom stereocenters. The van der Waals surface area contributed by atoms with Gasteiger partial charge in [-0.3, -0.25) is 0 Å². The van der Waals surface area contributed by atoms with Crippen LogP contribution in [0, 0.1) is 0 Å². The first kappa shape index (κ1) is 14.6. The van der Waals surface area contributed by atoms with Crippen molar-refractivity contribution in [1.82, 2.24) is 4.98 Å². The molecule has 1 unspecified atom stereocenters. The zero-order chi connectivity index (χ0) is 13.9. The van der Waals surface area contributed by atoms with Crippen LogP contribution in [0.15, 0.2) is 12.1 Å². The molecule has 0 spiro atoms. The van der Waals surface area contributed by atoms with Crippen LogP contribution in [0.1, 0.15) is 34.6 Å². The monoisotopic (exact) mass is 253 g/mol. The summed E-state index contributed by atoms with van der Waals surface area (Å²) in [5.41, 5.74) is 5.83. The summed E-state index contributed by atoms with van der Waals surface area (Å²) >= 11 is 0. The maximum absolute atomic E-state index is 9.66. The summed E-state index contributed by atoms with van der Waals surface area (Å²) in [7, 11) is 0. The maximum Gasteiger partial charge on any atom is 0.239 e. The Morgan fingerprint density at radius 2 is 1.94 bits per heavy atom. The number of rotatable bonds is 5. The molecule has 18 heavy (non-hydrogen) atoms. The molecule has 0 aliphatic heterocycles. The molecule has 4 N–H and O–H groups in total. The van der Waals surface area contributed by atoms with Crippen molar-refractivity contribution >= 4 is 11.5 Å². The minimum Gasteiger partial charge on any atom is -0.473 e. The Morgan fingerprint density at radius 3 is 2.44 bits per heavy atom. The van der Waals surface area contributed by atoms with Crippen LogP contribution in [-0.4, -0.2) is 27.8 Å². The Balaban J connectivity index is 2.91. The Morgan fingerprint density at radius 1 is 1.33 bits per heavy atom. The number of pyridine rings is 1. The summed E-state index contributed by atoms with van der Waals surface area (Å²) in [4.78, 5) is 4.31. The van der Waals surface area contributed by atoms with E-state index in [1.165, 1.54) is 0 Å². The Kier molecular flexibility index (Phi) is 4.40. The fraction of sp³-hybridized carbons (Fsp3) is 0.615. The number of nitrogen functional groups attached to an aromatic ring is 1. The third-order valence-corrected chi connectivity index (χ3v) is 2.73. The first-order valence-corrected chi connectivity index (χ1v) is 6.12. The molecule has 0 saturated heterocycles. The largest absolute Gasteiger partial charge is 0.473 e. The van der Waals surface area contributed by atoms with E-state index in [-0.39, 0.29) is 6.10 Å². The molecular weight excluding hydrogens is 230 g/mol. The number of nitrogens with zero attached hydrogens (tertiary/aromatic N) is 1. The van der Waals surface area contributed by atoms with Crippen molar-refractivity contribution in [2.45, 2.75) is 52.4 Å². The van der Waals surface area contributed by atoms with Gasteiger partial charge in [-0.05, 0) is 46.8 Å². The van der Waals surface area contributed by atoms with Gasteiger partial charge in [0.05, 0.1) is 23.4 Å². The van der Waals surface area contributed by atoms with Gasteiger partial charge >= 0.3 is 0 Å². The Bertz CT molecular complexity index is 403.